The van der Waals surface area contributed by atoms with Crippen molar-refractivity contribution in [1.82, 2.24) is 0 Å². The van der Waals surface area contributed by atoms with E-state index in [2.05, 4.69) is 13.0 Å². The van der Waals surface area contributed by atoms with E-state index >= 15 is 0 Å². The van der Waals surface area contributed by atoms with Crippen LogP contribution in [-0.4, -0.2) is 35.5 Å². The zero-order valence-corrected chi connectivity index (χ0v) is 16.3. The van der Waals surface area contributed by atoms with Gasteiger partial charge in [0.1, 0.15) is 6.61 Å². The highest BCUT2D eigenvalue weighted by molar-refractivity contribution is 5.85. The van der Waals surface area contributed by atoms with Crippen LogP contribution in [0.4, 0.5) is 0 Å². The molecule has 0 aromatic heterocycles. The molecule has 0 saturated heterocycles. The van der Waals surface area contributed by atoms with Gasteiger partial charge < -0.3 is 14.9 Å². The van der Waals surface area contributed by atoms with E-state index in [0.717, 1.165) is 44.9 Å². The SMILES string of the molecule is C[C@]12CC[C@H]3[C@@H](CC[C@H]4C[C@@H](O)CC[C@@]43CO)C1=CC[C@@H]2C1=CC(=O)OC1. The number of carbonyl (C=O) groups is 1. The third-order valence-corrected chi connectivity index (χ3v) is 9.17. The van der Waals surface area contributed by atoms with Crippen molar-refractivity contribution < 1.29 is 19.7 Å². The third kappa shape index (κ3) is 2.45. The van der Waals surface area contributed by atoms with Crippen molar-refractivity contribution in [2.75, 3.05) is 13.2 Å². The van der Waals surface area contributed by atoms with Crippen molar-refractivity contribution in [2.45, 2.75) is 64.4 Å². The van der Waals surface area contributed by atoms with Crippen LogP contribution in [0.3, 0.4) is 0 Å². The molecule has 0 bridgehead atoms. The first-order chi connectivity index (χ1) is 13.0. The fourth-order valence-corrected chi connectivity index (χ4v) is 7.82. The van der Waals surface area contributed by atoms with Gasteiger partial charge in [-0.05, 0) is 91.4 Å². The lowest BCUT2D eigenvalue weighted by Crippen LogP contribution is -2.55. The van der Waals surface area contributed by atoms with E-state index in [9.17, 15) is 15.0 Å². The molecule has 148 valence electrons. The number of aliphatic hydroxyl groups excluding tert-OH is 2. The minimum atomic E-state index is -0.184. The van der Waals surface area contributed by atoms with Gasteiger partial charge in [-0.3, -0.25) is 0 Å². The van der Waals surface area contributed by atoms with Gasteiger partial charge in [0.05, 0.1) is 6.10 Å². The molecule has 1 aliphatic heterocycles. The molecule has 1 heterocycles. The molecule has 0 aromatic rings. The number of aliphatic hydroxyl groups is 2. The van der Waals surface area contributed by atoms with Gasteiger partial charge in [0.25, 0.3) is 0 Å². The second kappa shape index (κ2) is 6.18. The van der Waals surface area contributed by atoms with Gasteiger partial charge in [0.15, 0.2) is 0 Å². The van der Waals surface area contributed by atoms with Crippen molar-refractivity contribution in [1.29, 1.82) is 0 Å². The number of hydrogen-bond donors (Lipinski definition) is 2. The Labute approximate surface area is 161 Å². The Hall–Kier alpha value is -1.13. The van der Waals surface area contributed by atoms with Crippen LogP contribution >= 0.6 is 0 Å². The maximum atomic E-state index is 11.6. The van der Waals surface area contributed by atoms with E-state index in [4.69, 9.17) is 4.74 Å². The van der Waals surface area contributed by atoms with E-state index in [0.29, 0.717) is 30.3 Å². The van der Waals surface area contributed by atoms with Crippen molar-refractivity contribution in [3.8, 4) is 0 Å². The lowest BCUT2D eigenvalue weighted by Gasteiger charge is -2.60. The largest absolute Gasteiger partial charge is 0.458 e. The molecule has 27 heavy (non-hydrogen) atoms. The summed E-state index contributed by atoms with van der Waals surface area (Å²) in [6.07, 6.45) is 12.3. The van der Waals surface area contributed by atoms with Gasteiger partial charge in [0.2, 0.25) is 0 Å². The Balaban J connectivity index is 1.45. The molecule has 0 radical (unpaired) electrons. The minimum absolute atomic E-state index is 0.00804. The molecule has 7 atom stereocenters. The predicted molar refractivity (Wildman–Crippen MR) is 102 cm³/mol. The number of allylic oxidation sites excluding steroid dienone is 2. The summed E-state index contributed by atoms with van der Waals surface area (Å²) in [5.74, 6) is 1.79. The number of cyclic esters (lactones) is 1. The smallest absolute Gasteiger partial charge is 0.331 e. The van der Waals surface area contributed by atoms with E-state index in [-0.39, 0.29) is 29.5 Å². The number of rotatable bonds is 2. The van der Waals surface area contributed by atoms with Crippen LogP contribution in [-0.2, 0) is 9.53 Å². The maximum absolute atomic E-state index is 11.6. The molecule has 0 spiro atoms. The molecular weight excluding hydrogens is 340 g/mol. The van der Waals surface area contributed by atoms with E-state index in [1.165, 1.54) is 12.0 Å². The van der Waals surface area contributed by atoms with E-state index in [1.54, 1.807) is 11.6 Å². The predicted octanol–water partition coefficient (Wildman–Crippen LogP) is 3.38. The summed E-state index contributed by atoms with van der Waals surface area (Å²) in [5.41, 5.74) is 2.92. The summed E-state index contributed by atoms with van der Waals surface area (Å²) in [4.78, 5) is 11.6. The highest BCUT2D eigenvalue weighted by Gasteiger charge is 2.59. The Kier molecular flexibility index (Phi) is 4.11. The second-order valence-corrected chi connectivity index (χ2v) is 10.0. The Morgan fingerprint density at radius 1 is 1.22 bits per heavy atom. The van der Waals surface area contributed by atoms with Gasteiger partial charge in [0, 0.05) is 12.7 Å². The van der Waals surface area contributed by atoms with Crippen molar-refractivity contribution in [3.05, 3.63) is 23.3 Å². The van der Waals surface area contributed by atoms with Gasteiger partial charge >= 0.3 is 5.97 Å². The topological polar surface area (TPSA) is 66.8 Å². The number of esters is 1. The molecule has 0 unspecified atom stereocenters. The lowest BCUT2D eigenvalue weighted by molar-refractivity contribution is -0.135. The molecule has 2 N–H and O–H groups in total. The standard InChI is InChI=1S/C23H32O4/c1-22-8-7-20-17(3-2-15-11-16(25)6-9-23(15,20)13-24)19(22)5-4-18(22)14-10-21(26)27-12-14/h5,10,15-18,20,24-25H,2-4,6-9,11-13H2,1H3/t15-,16-,17-,18+,20-,22+,23+/m0/s1. The van der Waals surface area contributed by atoms with Gasteiger partial charge in [-0.2, -0.15) is 0 Å². The zero-order valence-electron chi connectivity index (χ0n) is 16.3. The first-order valence-corrected chi connectivity index (χ1v) is 10.8. The fourth-order valence-electron chi connectivity index (χ4n) is 7.82. The molecule has 0 aromatic carbocycles. The number of carbonyl (C=O) groups excluding carboxylic acids is 1. The van der Waals surface area contributed by atoms with Crippen LogP contribution in [0.5, 0.6) is 0 Å². The number of fused-ring (bicyclic) bond motifs is 5. The van der Waals surface area contributed by atoms with Crippen molar-refractivity contribution >= 4 is 5.97 Å². The van der Waals surface area contributed by atoms with Crippen LogP contribution in [0, 0.1) is 34.5 Å². The first-order valence-electron chi connectivity index (χ1n) is 10.8. The molecule has 5 aliphatic rings. The fraction of sp³-hybridized carbons (Fsp3) is 0.783. The summed E-state index contributed by atoms with van der Waals surface area (Å²) >= 11 is 0. The summed E-state index contributed by atoms with van der Waals surface area (Å²) < 4.78 is 5.21. The monoisotopic (exact) mass is 372 g/mol. The van der Waals surface area contributed by atoms with Gasteiger partial charge in [-0.15, -0.1) is 0 Å². The average molecular weight is 373 g/mol. The highest BCUT2D eigenvalue weighted by Crippen LogP contribution is 2.66. The Morgan fingerprint density at radius 2 is 2.07 bits per heavy atom. The zero-order chi connectivity index (χ0) is 18.8. The molecular formula is C23H32O4. The van der Waals surface area contributed by atoms with Crippen LogP contribution < -0.4 is 0 Å². The summed E-state index contributed by atoms with van der Waals surface area (Å²) in [5, 5.41) is 20.7. The van der Waals surface area contributed by atoms with Gasteiger partial charge in [-0.1, -0.05) is 18.6 Å². The normalized spacial score (nSPS) is 48.9. The molecule has 0 amide bonds. The summed E-state index contributed by atoms with van der Waals surface area (Å²) in [6.45, 7) is 3.14. The molecule has 4 heteroatoms. The number of ether oxygens (including phenoxy) is 1. The molecule has 4 nitrogen and oxygen atoms in total. The minimum Gasteiger partial charge on any atom is -0.458 e. The summed E-state index contributed by atoms with van der Waals surface area (Å²) in [7, 11) is 0. The molecule has 3 saturated carbocycles. The van der Waals surface area contributed by atoms with Crippen LogP contribution in [0.15, 0.2) is 23.3 Å². The average Bonchev–Trinajstić information content (AvgIpc) is 3.23. The molecule has 5 rings (SSSR count). The van der Waals surface area contributed by atoms with Crippen LogP contribution in [0.2, 0.25) is 0 Å². The first kappa shape index (κ1) is 17.9. The highest BCUT2D eigenvalue weighted by atomic mass is 16.5. The second-order valence-electron chi connectivity index (χ2n) is 10.0. The van der Waals surface area contributed by atoms with Crippen molar-refractivity contribution in [3.63, 3.8) is 0 Å². The molecule has 4 aliphatic carbocycles. The van der Waals surface area contributed by atoms with E-state index < -0.39 is 0 Å². The van der Waals surface area contributed by atoms with Crippen LogP contribution in [0.25, 0.3) is 0 Å². The lowest BCUT2D eigenvalue weighted by atomic mass is 9.45. The van der Waals surface area contributed by atoms with E-state index in [1.807, 2.05) is 0 Å². The molecule has 3 fully saturated rings. The van der Waals surface area contributed by atoms with Crippen molar-refractivity contribution in [2.24, 2.45) is 34.5 Å². The van der Waals surface area contributed by atoms with Gasteiger partial charge in [-0.25, -0.2) is 4.79 Å². The quantitative estimate of drug-likeness (QED) is 0.576. The van der Waals surface area contributed by atoms with Crippen LogP contribution in [0.1, 0.15) is 58.3 Å². The Bertz CT molecular complexity index is 709. The summed E-state index contributed by atoms with van der Waals surface area (Å²) in [6, 6.07) is 0. The Morgan fingerprint density at radius 3 is 2.81 bits per heavy atom. The maximum Gasteiger partial charge on any atom is 0.331 e. The number of hydrogen-bond acceptors (Lipinski definition) is 4. The third-order valence-electron chi connectivity index (χ3n) is 9.17.